The third kappa shape index (κ3) is 3.49. The first kappa shape index (κ1) is 14.4. The fourth-order valence-electron chi connectivity index (χ4n) is 2.47. The van der Waals surface area contributed by atoms with Crippen LogP contribution >= 0.6 is 0 Å². The summed E-state index contributed by atoms with van der Waals surface area (Å²) in [6.07, 6.45) is 6.35. The SMILES string of the molecule is Cn1ccnc1CNC(=O)NCC1(CC(=O)O)CCC1. The fraction of sp³-hybridized carbons (Fsp3) is 0.615. The third-order valence-corrected chi connectivity index (χ3v) is 3.89. The number of aliphatic carboxylic acids is 1. The molecule has 0 spiro atoms. The maximum absolute atomic E-state index is 11.7. The van der Waals surface area contributed by atoms with E-state index < -0.39 is 5.97 Å². The van der Waals surface area contributed by atoms with Gasteiger partial charge in [-0.2, -0.15) is 0 Å². The summed E-state index contributed by atoms with van der Waals surface area (Å²) in [6.45, 7) is 0.757. The Morgan fingerprint density at radius 3 is 2.70 bits per heavy atom. The number of nitrogens with one attached hydrogen (secondary N) is 2. The Hall–Kier alpha value is -2.05. The lowest BCUT2D eigenvalue weighted by molar-refractivity contribution is -0.141. The number of hydrogen-bond acceptors (Lipinski definition) is 3. The molecule has 2 rings (SSSR count). The van der Waals surface area contributed by atoms with Gasteiger partial charge in [0.25, 0.3) is 0 Å². The Morgan fingerprint density at radius 1 is 1.45 bits per heavy atom. The van der Waals surface area contributed by atoms with E-state index in [0.717, 1.165) is 25.1 Å². The van der Waals surface area contributed by atoms with Crippen molar-refractivity contribution in [2.24, 2.45) is 12.5 Å². The van der Waals surface area contributed by atoms with E-state index in [-0.39, 0.29) is 17.9 Å². The average molecular weight is 280 g/mol. The molecule has 7 nitrogen and oxygen atoms in total. The van der Waals surface area contributed by atoms with Gasteiger partial charge in [0, 0.05) is 26.0 Å². The Kier molecular flexibility index (Phi) is 4.26. The van der Waals surface area contributed by atoms with E-state index in [1.54, 1.807) is 6.20 Å². The fourth-order valence-corrected chi connectivity index (χ4v) is 2.47. The van der Waals surface area contributed by atoms with Gasteiger partial charge < -0.3 is 20.3 Å². The molecule has 3 N–H and O–H groups in total. The van der Waals surface area contributed by atoms with E-state index in [1.807, 2.05) is 17.8 Å². The molecule has 1 aliphatic carbocycles. The van der Waals surface area contributed by atoms with Gasteiger partial charge in [-0.25, -0.2) is 9.78 Å². The zero-order chi connectivity index (χ0) is 14.6. The largest absolute Gasteiger partial charge is 0.481 e. The minimum Gasteiger partial charge on any atom is -0.481 e. The third-order valence-electron chi connectivity index (χ3n) is 3.89. The van der Waals surface area contributed by atoms with E-state index in [1.165, 1.54) is 0 Å². The molecule has 1 aromatic heterocycles. The summed E-state index contributed by atoms with van der Waals surface area (Å²) in [6, 6.07) is -0.287. The molecular formula is C13H20N4O3. The topological polar surface area (TPSA) is 96.3 Å². The van der Waals surface area contributed by atoms with Crippen molar-refractivity contribution in [2.45, 2.75) is 32.2 Å². The second kappa shape index (κ2) is 5.94. The van der Waals surface area contributed by atoms with Crippen LogP contribution in [0.2, 0.25) is 0 Å². The summed E-state index contributed by atoms with van der Waals surface area (Å²) in [7, 11) is 1.86. The standard InChI is InChI=1S/C13H20N4O3/c1-17-6-5-14-10(17)8-15-12(20)16-9-13(3-2-4-13)7-11(18)19/h5-6H,2-4,7-9H2,1H3,(H,18,19)(H2,15,16,20). The summed E-state index contributed by atoms with van der Waals surface area (Å²) in [5.41, 5.74) is -0.258. The minimum atomic E-state index is -0.806. The van der Waals surface area contributed by atoms with Gasteiger partial charge in [-0.15, -0.1) is 0 Å². The zero-order valence-electron chi connectivity index (χ0n) is 11.6. The van der Waals surface area contributed by atoms with Gasteiger partial charge in [0.2, 0.25) is 0 Å². The molecule has 0 unspecified atom stereocenters. The number of urea groups is 1. The lowest BCUT2D eigenvalue weighted by Gasteiger charge is -2.40. The highest BCUT2D eigenvalue weighted by Gasteiger charge is 2.39. The van der Waals surface area contributed by atoms with Gasteiger partial charge in [0.05, 0.1) is 13.0 Å². The zero-order valence-corrected chi connectivity index (χ0v) is 11.6. The molecule has 110 valence electrons. The van der Waals surface area contributed by atoms with Crippen molar-refractivity contribution < 1.29 is 14.7 Å². The van der Waals surface area contributed by atoms with Crippen LogP contribution in [0.3, 0.4) is 0 Å². The second-order valence-corrected chi connectivity index (χ2v) is 5.41. The van der Waals surface area contributed by atoms with Crippen LogP contribution < -0.4 is 10.6 Å². The van der Waals surface area contributed by atoms with E-state index in [2.05, 4.69) is 15.6 Å². The van der Waals surface area contributed by atoms with Gasteiger partial charge in [0.1, 0.15) is 5.82 Å². The first-order valence-corrected chi connectivity index (χ1v) is 6.70. The second-order valence-electron chi connectivity index (χ2n) is 5.41. The molecule has 20 heavy (non-hydrogen) atoms. The molecule has 0 aromatic carbocycles. The van der Waals surface area contributed by atoms with E-state index in [4.69, 9.17) is 5.11 Å². The molecule has 1 aliphatic rings. The van der Waals surface area contributed by atoms with Crippen LogP contribution in [-0.4, -0.2) is 33.2 Å². The van der Waals surface area contributed by atoms with E-state index in [9.17, 15) is 9.59 Å². The number of aromatic nitrogens is 2. The van der Waals surface area contributed by atoms with E-state index >= 15 is 0 Å². The molecule has 1 fully saturated rings. The summed E-state index contributed by atoms with van der Waals surface area (Å²) in [5.74, 6) is -0.0380. The van der Waals surface area contributed by atoms with Crippen molar-refractivity contribution in [1.29, 1.82) is 0 Å². The number of carbonyl (C=O) groups is 2. The molecule has 0 atom stereocenters. The first-order valence-electron chi connectivity index (χ1n) is 6.70. The number of nitrogens with zero attached hydrogens (tertiary/aromatic N) is 2. The smallest absolute Gasteiger partial charge is 0.315 e. The Balaban J connectivity index is 1.74. The number of hydrogen-bond donors (Lipinski definition) is 3. The molecule has 7 heteroatoms. The van der Waals surface area contributed by atoms with E-state index in [0.29, 0.717) is 13.1 Å². The Bertz CT molecular complexity index is 494. The predicted octanol–water partition coefficient (Wildman–Crippen LogP) is 0.864. The number of aryl methyl sites for hydroxylation is 1. The summed E-state index contributed by atoms with van der Waals surface area (Å²) >= 11 is 0. The average Bonchev–Trinajstić information content (AvgIpc) is 2.75. The first-order chi connectivity index (χ1) is 9.51. The number of carboxylic acids is 1. The number of amides is 2. The van der Waals surface area contributed by atoms with Crippen molar-refractivity contribution in [3.63, 3.8) is 0 Å². The number of carboxylic acid groups (broad SMARTS) is 1. The quantitative estimate of drug-likeness (QED) is 0.720. The van der Waals surface area contributed by atoms with Crippen molar-refractivity contribution in [3.8, 4) is 0 Å². The molecular weight excluding hydrogens is 260 g/mol. The summed E-state index contributed by atoms with van der Waals surface area (Å²) in [5, 5.41) is 14.4. The number of carbonyl (C=O) groups excluding carboxylic acids is 1. The van der Waals surface area contributed by atoms with Crippen LogP contribution in [0, 0.1) is 5.41 Å². The Morgan fingerprint density at radius 2 is 2.20 bits per heavy atom. The monoisotopic (exact) mass is 280 g/mol. The maximum atomic E-state index is 11.7. The Labute approximate surface area is 117 Å². The van der Waals surface area contributed by atoms with Gasteiger partial charge >= 0.3 is 12.0 Å². The lowest BCUT2D eigenvalue weighted by Crippen LogP contribution is -2.46. The normalized spacial score (nSPS) is 16.2. The summed E-state index contributed by atoms with van der Waals surface area (Å²) < 4.78 is 1.83. The molecule has 2 amide bonds. The highest BCUT2D eigenvalue weighted by atomic mass is 16.4. The predicted molar refractivity (Wildman–Crippen MR) is 72.0 cm³/mol. The molecule has 1 saturated carbocycles. The highest BCUT2D eigenvalue weighted by molar-refractivity contribution is 5.74. The van der Waals surface area contributed by atoms with Crippen LogP contribution in [0.1, 0.15) is 31.5 Å². The van der Waals surface area contributed by atoms with Crippen molar-refractivity contribution in [1.82, 2.24) is 20.2 Å². The van der Waals surface area contributed by atoms with Crippen LogP contribution in [0.25, 0.3) is 0 Å². The van der Waals surface area contributed by atoms with Crippen LogP contribution in [0.15, 0.2) is 12.4 Å². The van der Waals surface area contributed by atoms with Crippen molar-refractivity contribution >= 4 is 12.0 Å². The van der Waals surface area contributed by atoms with Crippen molar-refractivity contribution in [2.75, 3.05) is 6.54 Å². The van der Waals surface area contributed by atoms with Crippen LogP contribution in [0.4, 0.5) is 4.79 Å². The van der Waals surface area contributed by atoms with Crippen LogP contribution in [0.5, 0.6) is 0 Å². The van der Waals surface area contributed by atoms with Gasteiger partial charge in [-0.05, 0) is 18.3 Å². The minimum absolute atomic E-state index is 0.118. The molecule has 0 radical (unpaired) electrons. The highest BCUT2D eigenvalue weighted by Crippen LogP contribution is 2.43. The van der Waals surface area contributed by atoms with Crippen LogP contribution in [-0.2, 0) is 18.4 Å². The summed E-state index contributed by atoms with van der Waals surface area (Å²) in [4.78, 5) is 26.7. The van der Waals surface area contributed by atoms with Crippen molar-refractivity contribution in [3.05, 3.63) is 18.2 Å². The molecule has 0 bridgehead atoms. The molecule has 0 saturated heterocycles. The molecule has 0 aliphatic heterocycles. The number of rotatable bonds is 6. The molecule has 1 heterocycles. The van der Waals surface area contributed by atoms with Gasteiger partial charge in [-0.1, -0.05) is 6.42 Å². The van der Waals surface area contributed by atoms with Gasteiger partial charge in [-0.3, -0.25) is 4.79 Å². The lowest BCUT2D eigenvalue weighted by atomic mass is 9.66. The molecule has 1 aromatic rings. The number of imidazole rings is 1. The van der Waals surface area contributed by atoms with Gasteiger partial charge in [0.15, 0.2) is 0 Å². The maximum Gasteiger partial charge on any atom is 0.315 e.